The summed E-state index contributed by atoms with van der Waals surface area (Å²) in [5.41, 5.74) is 3.42. The molecular weight excluding hydrogens is 292 g/mol. The molecule has 1 aromatic heterocycles. The molecule has 1 amide bonds. The van der Waals surface area contributed by atoms with Crippen LogP contribution in [0, 0.1) is 6.92 Å². The number of amides is 1. The highest BCUT2D eigenvalue weighted by molar-refractivity contribution is 7.92. The minimum atomic E-state index is -3.77. The number of hydrazine groups is 1. The molecule has 0 unspecified atom stereocenters. The number of aryl methyl sites for hydroxylation is 2. The molecule has 0 aliphatic rings. The SMILES string of the molecule is Cc1ccccc1NS(=O)(=O)c1cc(C(=O)NN)n(C)c1. The van der Waals surface area contributed by atoms with Gasteiger partial charge in [-0.1, -0.05) is 18.2 Å². The number of anilines is 1. The average molecular weight is 308 g/mol. The van der Waals surface area contributed by atoms with Crippen molar-refractivity contribution in [2.24, 2.45) is 12.9 Å². The highest BCUT2D eigenvalue weighted by Crippen LogP contribution is 2.20. The van der Waals surface area contributed by atoms with Crippen LogP contribution < -0.4 is 16.0 Å². The number of sulfonamides is 1. The number of carbonyl (C=O) groups is 1. The molecule has 0 aliphatic carbocycles. The molecule has 1 aromatic carbocycles. The number of rotatable bonds is 4. The highest BCUT2D eigenvalue weighted by atomic mass is 32.2. The summed E-state index contributed by atoms with van der Waals surface area (Å²) in [5.74, 6) is 4.50. The number of nitrogens with two attached hydrogens (primary N) is 1. The van der Waals surface area contributed by atoms with Gasteiger partial charge in [0.05, 0.1) is 5.69 Å². The molecule has 7 nitrogen and oxygen atoms in total. The van der Waals surface area contributed by atoms with Crippen LogP contribution in [0.2, 0.25) is 0 Å². The van der Waals surface area contributed by atoms with Crippen LogP contribution >= 0.6 is 0 Å². The van der Waals surface area contributed by atoms with E-state index in [1.54, 1.807) is 32.2 Å². The number of hydrogen-bond acceptors (Lipinski definition) is 4. The summed E-state index contributed by atoms with van der Waals surface area (Å²) in [6.07, 6.45) is 1.35. The van der Waals surface area contributed by atoms with E-state index in [1.165, 1.54) is 16.8 Å². The molecule has 2 aromatic rings. The van der Waals surface area contributed by atoms with E-state index in [0.717, 1.165) is 5.56 Å². The van der Waals surface area contributed by atoms with Gasteiger partial charge in [0, 0.05) is 13.2 Å². The standard InChI is InChI=1S/C13H16N4O3S/c1-9-5-3-4-6-11(9)16-21(19,20)10-7-12(13(18)15-14)17(2)8-10/h3-8,16H,14H2,1-2H3,(H,15,18). The van der Waals surface area contributed by atoms with Gasteiger partial charge >= 0.3 is 0 Å². The zero-order chi connectivity index (χ0) is 15.6. The van der Waals surface area contributed by atoms with Crippen LogP contribution in [0.5, 0.6) is 0 Å². The number of nitrogens with zero attached hydrogens (tertiary/aromatic N) is 1. The minimum Gasteiger partial charge on any atom is -0.345 e. The van der Waals surface area contributed by atoms with Gasteiger partial charge < -0.3 is 4.57 Å². The molecule has 0 fully saturated rings. The first kappa shape index (κ1) is 15.1. The van der Waals surface area contributed by atoms with E-state index in [9.17, 15) is 13.2 Å². The Kier molecular flexibility index (Phi) is 4.01. The lowest BCUT2D eigenvalue weighted by Gasteiger charge is -2.08. The third kappa shape index (κ3) is 3.06. The number of carbonyl (C=O) groups excluding carboxylic acids is 1. The first-order chi connectivity index (χ1) is 9.85. The van der Waals surface area contributed by atoms with E-state index in [2.05, 4.69) is 4.72 Å². The van der Waals surface area contributed by atoms with Gasteiger partial charge in [-0.2, -0.15) is 0 Å². The third-order valence-corrected chi connectivity index (χ3v) is 4.38. The second-order valence-corrected chi connectivity index (χ2v) is 6.25. The number of nitrogen functional groups attached to an aromatic ring is 1. The molecule has 0 bridgehead atoms. The van der Waals surface area contributed by atoms with E-state index >= 15 is 0 Å². The summed E-state index contributed by atoms with van der Waals surface area (Å²) in [6, 6.07) is 8.30. The quantitative estimate of drug-likeness (QED) is 0.440. The maximum Gasteiger partial charge on any atom is 0.281 e. The van der Waals surface area contributed by atoms with Gasteiger partial charge in [-0.25, -0.2) is 14.3 Å². The van der Waals surface area contributed by atoms with Gasteiger partial charge in [0.1, 0.15) is 10.6 Å². The maximum atomic E-state index is 12.3. The fourth-order valence-corrected chi connectivity index (χ4v) is 3.07. The summed E-state index contributed by atoms with van der Waals surface area (Å²) in [6.45, 7) is 1.80. The number of para-hydroxylation sites is 1. The van der Waals surface area contributed by atoms with Crippen molar-refractivity contribution in [1.29, 1.82) is 0 Å². The summed E-state index contributed by atoms with van der Waals surface area (Å²) < 4.78 is 28.6. The van der Waals surface area contributed by atoms with E-state index < -0.39 is 15.9 Å². The Bertz CT molecular complexity index is 780. The number of aromatic nitrogens is 1. The van der Waals surface area contributed by atoms with Gasteiger partial charge in [-0.15, -0.1) is 0 Å². The zero-order valence-corrected chi connectivity index (χ0v) is 12.4. The molecular formula is C13H16N4O3S. The van der Waals surface area contributed by atoms with Crippen molar-refractivity contribution in [2.45, 2.75) is 11.8 Å². The van der Waals surface area contributed by atoms with Crippen molar-refractivity contribution >= 4 is 21.6 Å². The maximum absolute atomic E-state index is 12.3. The minimum absolute atomic E-state index is 0.00754. The highest BCUT2D eigenvalue weighted by Gasteiger charge is 2.20. The smallest absolute Gasteiger partial charge is 0.281 e. The van der Waals surface area contributed by atoms with Crippen molar-refractivity contribution in [3.8, 4) is 0 Å². The predicted octanol–water partition coefficient (Wildman–Crippen LogP) is 0.738. The van der Waals surface area contributed by atoms with Crippen LogP contribution in [-0.4, -0.2) is 18.9 Å². The Balaban J connectivity index is 2.37. The van der Waals surface area contributed by atoms with Crippen molar-refractivity contribution in [1.82, 2.24) is 9.99 Å². The van der Waals surface area contributed by atoms with Crippen molar-refractivity contribution in [3.63, 3.8) is 0 Å². The molecule has 1 heterocycles. The zero-order valence-electron chi connectivity index (χ0n) is 11.6. The molecule has 21 heavy (non-hydrogen) atoms. The van der Waals surface area contributed by atoms with Gasteiger partial charge in [0.25, 0.3) is 15.9 Å². The summed E-state index contributed by atoms with van der Waals surface area (Å²) in [4.78, 5) is 11.5. The van der Waals surface area contributed by atoms with Crippen LogP contribution in [-0.2, 0) is 17.1 Å². The van der Waals surface area contributed by atoms with Gasteiger partial charge in [-0.3, -0.25) is 14.9 Å². The van der Waals surface area contributed by atoms with Crippen LogP contribution in [0.3, 0.4) is 0 Å². The fraction of sp³-hybridized carbons (Fsp3) is 0.154. The second-order valence-electron chi connectivity index (χ2n) is 4.57. The van der Waals surface area contributed by atoms with Crippen molar-refractivity contribution < 1.29 is 13.2 Å². The Labute approximate surface area is 122 Å². The van der Waals surface area contributed by atoms with Gasteiger partial charge in [0.2, 0.25) is 0 Å². The predicted molar refractivity (Wildman–Crippen MR) is 79.1 cm³/mol. The lowest BCUT2D eigenvalue weighted by atomic mass is 10.2. The average Bonchev–Trinajstić information content (AvgIpc) is 2.83. The van der Waals surface area contributed by atoms with Crippen molar-refractivity contribution in [3.05, 3.63) is 47.8 Å². The first-order valence-electron chi connectivity index (χ1n) is 6.11. The summed E-state index contributed by atoms with van der Waals surface area (Å²) in [7, 11) is -2.20. The number of benzene rings is 1. The first-order valence-corrected chi connectivity index (χ1v) is 7.59. The lowest BCUT2D eigenvalue weighted by molar-refractivity contribution is 0.0945. The number of hydrogen-bond donors (Lipinski definition) is 3. The molecule has 8 heteroatoms. The molecule has 0 aliphatic heterocycles. The third-order valence-electron chi connectivity index (χ3n) is 3.04. The van der Waals surface area contributed by atoms with E-state index in [4.69, 9.17) is 5.84 Å². The Hall–Kier alpha value is -2.32. The number of nitrogens with one attached hydrogen (secondary N) is 2. The molecule has 112 valence electrons. The molecule has 0 spiro atoms. The van der Waals surface area contributed by atoms with Gasteiger partial charge in [-0.05, 0) is 24.6 Å². The molecule has 0 radical (unpaired) electrons. The van der Waals surface area contributed by atoms with E-state index in [1.807, 2.05) is 11.5 Å². The van der Waals surface area contributed by atoms with Crippen molar-refractivity contribution in [2.75, 3.05) is 4.72 Å². The van der Waals surface area contributed by atoms with Crippen LogP contribution in [0.1, 0.15) is 16.1 Å². The molecule has 0 saturated carbocycles. The summed E-state index contributed by atoms with van der Waals surface area (Å²) in [5, 5.41) is 0. The largest absolute Gasteiger partial charge is 0.345 e. The van der Waals surface area contributed by atoms with E-state index in [-0.39, 0.29) is 10.6 Å². The molecule has 0 saturated heterocycles. The summed E-state index contributed by atoms with van der Waals surface area (Å²) >= 11 is 0. The second kappa shape index (κ2) is 5.58. The van der Waals surface area contributed by atoms with Crippen LogP contribution in [0.15, 0.2) is 41.4 Å². The Morgan fingerprint density at radius 2 is 1.95 bits per heavy atom. The van der Waals surface area contributed by atoms with Gasteiger partial charge in [0.15, 0.2) is 0 Å². The molecule has 2 rings (SSSR count). The normalized spacial score (nSPS) is 11.2. The lowest BCUT2D eigenvalue weighted by Crippen LogP contribution is -2.31. The monoisotopic (exact) mass is 308 g/mol. The Morgan fingerprint density at radius 1 is 1.29 bits per heavy atom. The van der Waals surface area contributed by atoms with E-state index in [0.29, 0.717) is 5.69 Å². The van der Waals surface area contributed by atoms with Crippen LogP contribution in [0.25, 0.3) is 0 Å². The fourth-order valence-electron chi connectivity index (χ4n) is 1.87. The van der Waals surface area contributed by atoms with Crippen LogP contribution in [0.4, 0.5) is 5.69 Å². The molecule has 0 atom stereocenters. The molecule has 4 N–H and O–H groups in total. The Morgan fingerprint density at radius 3 is 2.57 bits per heavy atom. The topological polar surface area (TPSA) is 106 Å².